The smallest absolute Gasteiger partial charge is 0.258 e. The fourth-order valence-electron chi connectivity index (χ4n) is 6.40. The average Bonchev–Trinajstić information content (AvgIpc) is 2.98. The molecule has 4 nitrogen and oxygen atoms in total. The quantitative estimate of drug-likeness (QED) is 0.567. The lowest BCUT2D eigenvalue weighted by molar-refractivity contribution is -0.921. The number of benzene rings is 1. The van der Waals surface area contributed by atoms with Crippen LogP contribution in [0.3, 0.4) is 0 Å². The third-order valence-electron chi connectivity index (χ3n) is 7.35. The molecule has 2 bridgehead atoms. The SMILES string of the molecule is C/C=C1\C[N+]2(C)CC[C@]34c5ccccc5NC(=O)[C@@]3(O)[C@H]1C[C@@H]42. The number of para-hydroxylation sites is 1. The van der Waals surface area contributed by atoms with Crippen molar-refractivity contribution in [2.75, 3.05) is 25.5 Å². The van der Waals surface area contributed by atoms with Crippen molar-refractivity contribution in [3.05, 3.63) is 41.5 Å². The van der Waals surface area contributed by atoms with Gasteiger partial charge < -0.3 is 14.9 Å². The molecule has 4 aliphatic rings. The molecule has 120 valence electrons. The molecule has 3 fully saturated rings. The number of hydrogen-bond donors (Lipinski definition) is 2. The summed E-state index contributed by atoms with van der Waals surface area (Å²) in [5.41, 5.74) is 1.55. The number of nitrogens with one attached hydrogen (secondary N) is 1. The van der Waals surface area contributed by atoms with Crippen LogP contribution >= 0.6 is 0 Å². The highest BCUT2D eigenvalue weighted by molar-refractivity contribution is 6.03. The number of aliphatic hydroxyl groups is 1. The molecule has 23 heavy (non-hydrogen) atoms. The van der Waals surface area contributed by atoms with Gasteiger partial charge in [0.05, 0.1) is 19.0 Å². The van der Waals surface area contributed by atoms with Crippen LogP contribution in [0.5, 0.6) is 0 Å². The summed E-state index contributed by atoms with van der Waals surface area (Å²) in [6, 6.07) is 8.41. The van der Waals surface area contributed by atoms with E-state index >= 15 is 0 Å². The van der Waals surface area contributed by atoms with Gasteiger partial charge in [0.15, 0.2) is 5.60 Å². The average molecular weight is 311 g/mol. The highest BCUT2D eigenvalue weighted by atomic mass is 16.3. The van der Waals surface area contributed by atoms with Crippen LogP contribution in [0.4, 0.5) is 5.69 Å². The fraction of sp³-hybridized carbons (Fsp3) is 0.526. The number of likely N-dealkylation sites (N-methyl/N-ethyl adjacent to an activating group) is 1. The van der Waals surface area contributed by atoms with Crippen LogP contribution < -0.4 is 5.32 Å². The summed E-state index contributed by atoms with van der Waals surface area (Å²) in [7, 11) is 2.31. The first-order valence-electron chi connectivity index (χ1n) is 8.60. The van der Waals surface area contributed by atoms with E-state index in [1.165, 1.54) is 5.57 Å². The number of quaternary nitrogens is 1. The Hall–Kier alpha value is -1.65. The lowest BCUT2D eigenvalue weighted by Gasteiger charge is -2.45. The van der Waals surface area contributed by atoms with Crippen molar-refractivity contribution >= 4 is 11.6 Å². The molecule has 1 spiro atoms. The number of nitrogens with zero attached hydrogens (tertiary/aromatic N) is 1. The summed E-state index contributed by atoms with van der Waals surface area (Å²) in [6.45, 7) is 4.03. The highest BCUT2D eigenvalue weighted by Gasteiger charge is 2.80. The van der Waals surface area contributed by atoms with Gasteiger partial charge in [-0.25, -0.2) is 0 Å². The molecule has 1 aromatic rings. The van der Waals surface area contributed by atoms with Crippen molar-refractivity contribution < 1.29 is 14.4 Å². The molecule has 2 N–H and O–H groups in total. The number of hydrogen-bond acceptors (Lipinski definition) is 2. The number of amides is 1. The molecule has 3 aliphatic heterocycles. The number of piperidine rings is 1. The van der Waals surface area contributed by atoms with Gasteiger partial charge in [0.1, 0.15) is 12.6 Å². The summed E-state index contributed by atoms with van der Waals surface area (Å²) in [4.78, 5) is 13.1. The van der Waals surface area contributed by atoms with Crippen molar-refractivity contribution in [1.82, 2.24) is 0 Å². The summed E-state index contributed by atoms with van der Waals surface area (Å²) in [6.07, 6.45) is 3.93. The second-order valence-corrected chi connectivity index (χ2v) is 8.02. The van der Waals surface area contributed by atoms with E-state index in [1.54, 1.807) is 0 Å². The van der Waals surface area contributed by atoms with Crippen LogP contribution in [0, 0.1) is 5.92 Å². The van der Waals surface area contributed by atoms with Gasteiger partial charge in [0.25, 0.3) is 5.91 Å². The van der Waals surface area contributed by atoms with Crippen molar-refractivity contribution in [2.24, 2.45) is 5.92 Å². The number of allylic oxidation sites excluding steroid dienone is 1. The van der Waals surface area contributed by atoms with E-state index in [-0.39, 0.29) is 11.8 Å². The molecule has 5 rings (SSSR count). The molecule has 3 heterocycles. The van der Waals surface area contributed by atoms with E-state index in [4.69, 9.17) is 0 Å². The minimum absolute atomic E-state index is 0.0441. The first-order valence-corrected chi connectivity index (χ1v) is 8.60. The molecule has 0 radical (unpaired) electrons. The summed E-state index contributed by atoms with van der Waals surface area (Å²) in [5.74, 6) is -0.240. The maximum Gasteiger partial charge on any atom is 0.258 e. The monoisotopic (exact) mass is 311 g/mol. The van der Waals surface area contributed by atoms with E-state index in [2.05, 4.69) is 24.5 Å². The molecule has 0 aromatic heterocycles. The van der Waals surface area contributed by atoms with Crippen LogP contribution in [-0.4, -0.2) is 47.3 Å². The predicted octanol–water partition coefficient (Wildman–Crippen LogP) is 1.81. The molecule has 1 aromatic carbocycles. The maximum atomic E-state index is 13.1. The third-order valence-corrected chi connectivity index (χ3v) is 7.35. The molecule has 4 heteroatoms. The maximum absolute atomic E-state index is 13.1. The summed E-state index contributed by atoms with van der Waals surface area (Å²) in [5, 5.41) is 14.8. The van der Waals surface area contributed by atoms with Gasteiger partial charge in [-0.05, 0) is 24.1 Å². The van der Waals surface area contributed by atoms with Crippen molar-refractivity contribution in [3.63, 3.8) is 0 Å². The van der Waals surface area contributed by atoms with Gasteiger partial charge in [-0.2, -0.15) is 0 Å². The summed E-state index contributed by atoms with van der Waals surface area (Å²) >= 11 is 0. The van der Waals surface area contributed by atoms with Crippen molar-refractivity contribution in [3.8, 4) is 0 Å². The zero-order valence-electron chi connectivity index (χ0n) is 13.7. The first-order chi connectivity index (χ1) is 11.0. The number of anilines is 1. The minimum atomic E-state index is -1.31. The second kappa shape index (κ2) is 3.87. The second-order valence-electron chi connectivity index (χ2n) is 8.02. The third kappa shape index (κ3) is 1.24. The van der Waals surface area contributed by atoms with Crippen LogP contribution in [0.2, 0.25) is 0 Å². The Balaban J connectivity index is 1.86. The van der Waals surface area contributed by atoms with E-state index in [0.717, 1.165) is 41.7 Å². The summed E-state index contributed by atoms with van der Waals surface area (Å²) < 4.78 is 0.958. The Morgan fingerprint density at radius 2 is 2.17 bits per heavy atom. The van der Waals surface area contributed by atoms with E-state index in [9.17, 15) is 9.90 Å². The predicted molar refractivity (Wildman–Crippen MR) is 87.9 cm³/mol. The van der Waals surface area contributed by atoms with Gasteiger partial charge in [-0.3, -0.25) is 4.79 Å². The Morgan fingerprint density at radius 3 is 2.96 bits per heavy atom. The van der Waals surface area contributed by atoms with E-state index < -0.39 is 11.0 Å². The first kappa shape index (κ1) is 13.8. The molecule has 1 amide bonds. The Kier molecular flexibility index (Phi) is 2.32. The highest BCUT2D eigenvalue weighted by Crippen LogP contribution is 2.67. The molecule has 5 atom stereocenters. The molecule has 2 saturated heterocycles. The van der Waals surface area contributed by atoms with Gasteiger partial charge >= 0.3 is 0 Å². The Labute approximate surface area is 136 Å². The molecule has 1 unspecified atom stereocenters. The van der Waals surface area contributed by atoms with Crippen molar-refractivity contribution in [2.45, 2.75) is 36.8 Å². The molecule has 1 aliphatic carbocycles. The number of carbonyl (C=O) groups excluding carboxylic acids is 1. The van der Waals surface area contributed by atoms with Crippen LogP contribution in [0.25, 0.3) is 0 Å². The molecular weight excluding hydrogens is 288 g/mol. The van der Waals surface area contributed by atoms with Crippen LogP contribution in [-0.2, 0) is 10.2 Å². The minimum Gasteiger partial charge on any atom is -0.378 e. The van der Waals surface area contributed by atoms with Gasteiger partial charge in [0, 0.05) is 24.4 Å². The van der Waals surface area contributed by atoms with E-state index in [0.29, 0.717) is 6.04 Å². The van der Waals surface area contributed by atoms with Gasteiger partial charge in [-0.15, -0.1) is 0 Å². The molecule has 1 saturated carbocycles. The molecular formula is C19H23N2O2+. The Morgan fingerprint density at radius 1 is 1.39 bits per heavy atom. The van der Waals surface area contributed by atoms with E-state index in [1.807, 2.05) is 25.1 Å². The Bertz CT molecular complexity index is 772. The normalized spacial score (nSPS) is 48.1. The topological polar surface area (TPSA) is 49.3 Å². The largest absolute Gasteiger partial charge is 0.378 e. The zero-order chi connectivity index (χ0) is 16.0. The zero-order valence-corrected chi connectivity index (χ0v) is 13.7. The van der Waals surface area contributed by atoms with Gasteiger partial charge in [0.2, 0.25) is 0 Å². The van der Waals surface area contributed by atoms with Crippen LogP contribution in [0.1, 0.15) is 25.3 Å². The van der Waals surface area contributed by atoms with Crippen molar-refractivity contribution in [1.29, 1.82) is 0 Å². The number of fused-ring (bicyclic) bond motifs is 3. The lowest BCUT2D eigenvalue weighted by Crippen LogP contribution is -2.63. The number of rotatable bonds is 0. The fourth-order valence-corrected chi connectivity index (χ4v) is 6.40. The van der Waals surface area contributed by atoms with Gasteiger partial charge in [-0.1, -0.05) is 24.3 Å². The van der Waals surface area contributed by atoms with Crippen LogP contribution in [0.15, 0.2) is 35.9 Å². The standard InChI is InChI=1S/C19H22N2O2/c1-3-12-11-21(2)9-8-18-13-6-4-5-7-15(13)20-17(22)19(18,23)14(12)10-16(18)21/h3-7,14,16,23H,8-11H2,1-2H3/p+1/b12-3+/t14-,16-,18+,19-,21?/m0/s1. The lowest BCUT2D eigenvalue weighted by atomic mass is 9.62. The number of carbonyl (C=O) groups is 1.